The molecule has 1 rings (SSSR count). The van der Waals surface area contributed by atoms with Crippen LogP contribution in [0.3, 0.4) is 0 Å². The highest BCUT2D eigenvalue weighted by atomic mass is 32.2. The standard InChI is InChI=1S/C6H9NO2S/c1-4-2-10-3-5(7-4)6(8)9/h5H,2-3H2,1H3,(H,8,9). The van der Waals surface area contributed by atoms with Gasteiger partial charge < -0.3 is 5.11 Å². The van der Waals surface area contributed by atoms with Gasteiger partial charge in [-0.15, -0.1) is 0 Å². The molecule has 1 atom stereocenters. The van der Waals surface area contributed by atoms with Crippen molar-refractivity contribution < 1.29 is 9.90 Å². The Morgan fingerprint density at radius 2 is 2.60 bits per heavy atom. The molecule has 0 spiro atoms. The Hall–Kier alpha value is -0.510. The number of nitrogens with zero attached hydrogens (tertiary/aromatic N) is 1. The van der Waals surface area contributed by atoms with E-state index in [1.807, 2.05) is 6.92 Å². The number of aliphatic carboxylic acids is 1. The van der Waals surface area contributed by atoms with Crippen molar-refractivity contribution in [2.45, 2.75) is 13.0 Å². The molecule has 1 heterocycles. The van der Waals surface area contributed by atoms with Crippen molar-refractivity contribution >= 4 is 23.4 Å². The van der Waals surface area contributed by atoms with Crippen LogP contribution in [0.1, 0.15) is 6.92 Å². The average Bonchev–Trinajstić information content (AvgIpc) is 1.88. The third-order valence-electron chi connectivity index (χ3n) is 1.25. The molecule has 4 heteroatoms. The first kappa shape index (κ1) is 7.60. The average molecular weight is 159 g/mol. The minimum Gasteiger partial charge on any atom is -0.480 e. The van der Waals surface area contributed by atoms with Crippen molar-refractivity contribution in [3.05, 3.63) is 0 Å². The molecular formula is C6H9NO2S. The van der Waals surface area contributed by atoms with Crippen LogP contribution in [-0.4, -0.2) is 34.3 Å². The molecule has 0 aliphatic carbocycles. The second-order valence-corrected chi connectivity index (χ2v) is 3.26. The predicted molar refractivity (Wildman–Crippen MR) is 41.9 cm³/mol. The normalized spacial score (nSPS) is 25.7. The molecule has 1 N–H and O–H groups in total. The fourth-order valence-corrected chi connectivity index (χ4v) is 1.71. The summed E-state index contributed by atoms with van der Waals surface area (Å²) in [5.74, 6) is 0.683. The molecule has 0 aromatic rings. The predicted octanol–water partition coefficient (Wildman–Crippen LogP) is 0.647. The Labute approximate surface area is 63.5 Å². The zero-order valence-corrected chi connectivity index (χ0v) is 6.52. The van der Waals surface area contributed by atoms with E-state index in [1.165, 1.54) is 0 Å². The summed E-state index contributed by atoms with van der Waals surface area (Å²) in [6.45, 7) is 1.86. The van der Waals surface area contributed by atoms with Gasteiger partial charge in [-0.3, -0.25) is 4.99 Å². The minimum absolute atomic E-state index is 0.501. The van der Waals surface area contributed by atoms with Crippen molar-refractivity contribution in [3.8, 4) is 0 Å². The van der Waals surface area contributed by atoms with Gasteiger partial charge in [-0.2, -0.15) is 11.8 Å². The Bertz CT molecular complexity index is 179. The topological polar surface area (TPSA) is 49.7 Å². The Kier molecular flexibility index (Phi) is 2.32. The van der Waals surface area contributed by atoms with Gasteiger partial charge >= 0.3 is 5.97 Å². The third kappa shape index (κ3) is 1.73. The summed E-state index contributed by atoms with van der Waals surface area (Å²) in [6, 6.07) is -0.501. The summed E-state index contributed by atoms with van der Waals surface area (Å²) < 4.78 is 0. The van der Waals surface area contributed by atoms with E-state index in [1.54, 1.807) is 11.8 Å². The van der Waals surface area contributed by atoms with E-state index in [2.05, 4.69) is 4.99 Å². The van der Waals surface area contributed by atoms with Crippen LogP contribution in [0.4, 0.5) is 0 Å². The fraction of sp³-hybridized carbons (Fsp3) is 0.667. The molecular weight excluding hydrogens is 150 g/mol. The summed E-state index contributed by atoms with van der Waals surface area (Å²) in [5, 5.41) is 8.54. The number of carbonyl (C=O) groups is 1. The van der Waals surface area contributed by atoms with Crippen molar-refractivity contribution in [1.29, 1.82) is 0 Å². The molecule has 56 valence electrons. The summed E-state index contributed by atoms with van der Waals surface area (Å²) in [5.41, 5.74) is 0.934. The zero-order chi connectivity index (χ0) is 7.56. The number of aliphatic imine (C=N–C) groups is 1. The molecule has 3 nitrogen and oxygen atoms in total. The van der Waals surface area contributed by atoms with Crippen molar-refractivity contribution in [2.75, 3.05) is 11.5 Å². The Balaban J connectivity index is 2.62. The van der Waals surface area contributed by atoms with Crippen LogP contribution in [0, 0.1) is 0 Å². The SMILES string of the molecule is CC1=NC(C(=O)O)CSC1. The lowest BCUT2D eigenvalue weighted by Crippen LogP contribution is -2.26. The summed E-state index contributed by atoms with van der Waals surface area (Å²) in [7, 11) is 0. The molecule has 1 aliphatic heterocycles. The lowest BCUT2D eigenvalue weighted by atomic mass is 10.3. The van der Waals surface area contributed by atoms with E-state index in [0.717, 1.165) is 11.5 Å². The largest absolute Gasteiger partial charge is 0.480 e. The zero-order valence-electron chi connectivity index (χ0n) is 5.70. The van der Waals surface area contributed by atoms with Gasteiger partial charge in [-0.25, -0.2) is 4.79 Å². The first-order chi connectivity index (χ1) is 4.70. The van der Waals surface area contributed by atoms with Gasteiger partial charge in [0.05, 0.1) is 0 Å². The Morgan fingerprint density at radius 3 is 3.00 bits per heavy atom. The number of hydrogen-bond donors (Lipinski definition) is 1. The first-order valence-corrected chi connectivity index (χ1v) is 4.19. The van der Waals surface area contributed by atoms with Gasteiger partial charge in [0.1, 0.15) is 0 Å². The molecule has 0 radical (unpaired) electrons. The molecule has 0 saturated carbocycles. The molecule has 10 heavy (non-hydrogen) atoms. The number of carboxylic acid groups (broad SMARTS) is 1. The molecule has 0 amide bonds. The summed E-state index contributed by atoms with van der Waals surface area (Å²) in [6.07, 6.45) is 0. The maximum Gasteiger partial charge on any atom is 0.329 e. The van der Waals surface area contributed by atoms with Crippen LogP contribution in [0.2, 0.25) is 0 Å². The van der Waals surface area contributed by atoms with E-state index in [0.29, 0.717) is 5.75 Å². The van der Waals surface area contributed by atoms with Crippen LogP contribution in [0.5, 0.6) is 0 Å². The number of carboxylic acids is 1. The molecule has 0 saturated heterocycles. The van der Waals surface area contributed by atoms with E-state index >= 15 is 0 Å². The lowest BCUT2D eigenvalue weighted by Gasteiger charge is -2.13. The van der Waals surface area contributed by atoms with Crippen LogP contribution in [0.15, 0.2) is 4.99 Å². The highest BCUT2D eigenvalue weighted by Crippen LogP contribution is 2.12. The van der Waals surface area contributed by atoms with E-state index < -0.39 is 12.0 Å². The lowest BCUT2D eigenvalue weighted by molar-refractivity contribution is -0.137. The van der Waals surface area contributed by atoms with Crippen LogP contribution >= 0.6 is 11.8 Å². The van der Waals surface area contributed by atoms with Crippen molar-refractivity contribution in [1.82, 2.24) is 0 Å². The molecule has 1 aliphatic rings. The molecule has 0 aromatic carbocycles. The van der Waals surface area contributed by atoms with Gasteiger partial charge in [0.25, 0.3) is 0 Å². The van der Waals surface area contributed by atoms with Gasteiger partial charge in [0, 0.05) is 17.2 Å². The number of rotatable bonds is 1. The molecule has 0 aromatic heterocycles. The van der Waals surface area contributed by atoms with Crippen LogP contribution < -0.4 is 0 Å². The van der Waals surface area contributed by atoms with Crippen molar-refractivity contribution in [2.24, 2.45) is 4.99 Å². The second-order valence-electron chi connectivity index (χ2n) is 2.23. The summed E-state index contributed by atoms with van der Waals surface area (Å²) >= 11 is 1.63. The maximum atomic E-state index is 10.4. The van der Waals surface area contributed by atoms with Crippen LogP contribution in [-0.2, 0) is 4.79 Å². The van der Waals surface area contributed by atoms with E-state index in [9.17, 15) is 4.79 Å². The quantitative estimate of drug-likeness (QED) is 0.611. The third-order valence-corrected chi connectivity index (χ3v) is 2.42. The highest BCUT2D eigenvalue weighted by Gasteiger charge is 2.19. The monoisotopic (exact) mass is 159 g/mol. The number of hydrogen-bond acceptors (Lipinski definition) is 3. The first-order valence-electron chi connectivity index (χ1n) is 3.04. The second kappa shape index (κ2) is 3.05. The van der Waals surface area contributed by atoms with Gasteiger partial charge in [0.15, 0.2) is 6.04 Å². The highest BCUT2D eigenvalue weighted by molar-refractivity contribution is 8.00. The van der Waals surface area contributed by atoms with Crippen molar-refractivity contribution in [3.63, 3.8) is 0 Å². The molecule has 0 bridgehead atoms. The fourth-order valence-electron chi connectivity index (χ4n) is 0.785. The van der Waals surface area contributed by atoms with Gasteiger partial charge in [-0.1, -0.05) is 0 Å². The van der Waals surface area contributed by atoms with Gasteiger partial charge in [-0.05, 0) is 6.92 Å². The van der Waals surface area contributed by atoms with Crippen LogP contribution in [0.25, 0.3) is 0 Å². The summed E-state index contributed by atoms with van der Waals surface area (Å²) in [4.78, 5) is 14.4. The Morgan fingerprint density at radius 1 is 1.90 bits per heavy atom. The molecule has 0 fully saturated rings. The van der Waals surface area contributed by atoms with Gasteiger partial charge in [0.2, 0.25) is 0 Å². The maximum absolute atomic E-state index is 10.4. The number of thioether (sulfide) groups is 1. The smallest absolute Gasteiger partial charge is 0.329 e. The minimum atomic E-state index is -0.813. The molecule has 1 unspecified atom stereocenters. The van der Waals surface area contributed by atoms with E-state index in [-0.39, 0.29) is 0 Å². The van der Waals surface area contributed by atoms with E-state index in [4.69, 9.17) is 5.11 Å².